The molecule has 0 amide bonds. The summed E-state index contributed by atoms with van der Waals surface area (Å²) in [6.07, 6.45) is 5.15. The zero-order chi connectivity index (χ0) is 12.3. The molecular weight excluding hydrogens is 216 g/mol. The number of anilines is 1. The number of pyridine rings is 1. The first-order valence-electron chi connectivity index (χ1n) is 6.18. The van der Waals surface area contributed by atoms with Gasteiger partial charge in [-0.15, -0.1) is 0 Å². The van der Waals surface area contributed by atoms with Crippen LogP contribution in [0.2, 0.25) is 0 Å². The lowest BCUT2D eigenvalue weighted by Gasteiger charge is -2.28. The van der Waals surface area contributed by atoms with Crippen LogP contribution < -0.4 is 15.2 Å². The lowest BCUT2D eigenvalue weighted by atomic mass is 9.88. The molecule has 0 spiro atoms. The van der Waals surface area contributed by atoms with E-state index in [0.717, 1.165) is 6.42 Å². The number of ether oxygens (including phenoxy) is 2. The molecule has 0 saturated heterocycles. The largest absolute Gasteiger partial charge is 0.479 e. The van der Waals surface area contributed by atoms with Crippen LogP contribution in [0, 0.1) is 5.92 Å². The molecule has 0 bridgehead atoms. The monoisotopic (exact) mass is 236 g/mol. The van der Waals surface area contributed by atoms with Crippen molar-refractivity contribution in [1.82, 2.24) is 4.98 Å². The number of hydrogen-bond donors (Lipinski definition) is 1. The minimum atomic E-state index is 0.268. The summed E-state index contributed by atoms with van der Waals surface area (Å²) in [5.41, 5.74) is 6.26. The van der Waals surface area contributed by atoms with Crippen LogP contribution in [0.25, 0.3) is 0 Å². The second-order valence-corrected chi connectivity index (χ2v) is 4.67. The average Bonchev–Trinajstić information content (AvgIpc) is 2.34. The van der Waals surface area contributed by atoms with Crippen LogP contribution in [0.15, 0.2) is 12.1 Å². The molecule has 2 atom stereocenters. The summed E-state index contributed by atoms with van der Waals surface area (Å²) in [7, 11) is 1.56. The zero-order valence-electron chi connectivity index (χ0n) is 10.5. The third-order valence-corrected chi connectivity index (χ3v) is 3.36. The van der Waals surface area contributed by atoms with Crippen molar-refractivity contribution >= 4 is 5.69 Å². The first-order chi connectivity index (χ1) is 8.20. The predicted octanol–water partition coefficient (Wildman–Crippen LogP) is 2.63. The molecule has 4 nitrogen and oxygen atoms in total. The highest BCUT2D eigenvalue weighted by molar-refractivity contribution is 5.49. The normalized spacial score (nSPS) is 24.4. The van der Waals surface area contributed by atoms with Crippen LogP contribution in [0.5, 0.6) is 11.8 Å². The number of nitrogens with zero attached hydrogens (tertiary/aromatic N) is 1. The van der Waals surface area contributed by atoms with Gasteiger partial charge in [-0.2, -0.15) is 4.98 Å². The maximum atomic E-state index is 5.92. The second kappa shape index (κ2) is 5.25. The maximum Gasteiger partial charge on any atom is 0.240 e. The number of nitrogen functional groups attached to an aromatic ring is 1. The van der Waals surface area contributed by atoms with E-state index < -0.39 is 0 Å². The SMILES string of the molecule is COc1nc(OC2CCCCC2C)ccc1N. The maximum absolute atomic E-state index is 5.92. The molecular formula is C13H20N2O2. The van der Waals surface area contributed by atoms with Crippen LogP contribution in [0.3, 0.4) is 0 Å². The van der Waals surface area contributed by atoms with Crippen molar-refractivity contribution in [3.05, 3.63) is 12.1 Å². The third kappa shape index (κ3) is 2.81. The molecule has 1 aromatic heterocycles. The predicted molar refractivity (Wildman–Crippen MR) is 67.2 cm³/mol. The topological polar surface area (TPSA) is 57.4 Å². The molecule has 1 aliphatic carbocycles. The van der Waals surface area contributed by atoms with Gasteiger partial charge >= 0.3 is 0 Å². The van der Waals surface area contributed by atoms with Crippen molar-refractivity contribution in [2.24, 2.45) is 5.92 Å². The van der Waals surface area contributed by atoms with E-state index >= 15 is 0 Å². The van der Waals surface area contributed by atoms with Gasteiger partial charge in [-0.3, -0.25) is 0 Å². The summed E-state index contributed by atoms with van der Waals surface area (Å²) in [5, 5.41) is 0. The Morgan fingerprint density at radius 1 is 1.29 bits per heavy atom. The summed E-state index contributed by atoms with van der Waals surface area (Å²) in [6, 6.07) is 3.58. The second-order valence-electron chi connectivity index (χ2n) is 4.67. The van der Waals surface area contributed by atoms with Gasteiger partial charge in [-0.1, -0.05) is 13.3 Å². The highest BCUT2D eigenvalue weighted by Crippen LogP contribution is 2.29. The molecule has 0 aliphatic heterocycles. The van der Waals surface area contributed by atoms with Crippen LogP contribution in [0.1, 0.15) is 32.6 Å². The van der Waals surface area contributed by atoms with Crippen LogP contribution in [0.4, 0.5) is 5.69 Å². The smallest absolute Gasteiger partial charge is 0.240 e. The first-order valence-corrected chi connectivity index (χ1v) is 6.18. The summed E-state index contributed by atoms with van der Waals surface area (Å²) in [5.74, 6) is 1.63. The minimum Gasteiger partial charge on any atom is -0.479 e. The molecule has 4 heteroatoms. The van der Waals surface area contributed by atoms with E-state index in [9.17, 15) is 0 Å². The third-order valence-electron chi connectivity index (χ3n) is 3.36. The van der Waals surface area contributed by atoms with Gasteiger partial charge in [0.1, 0.15) is 6.10 Å². The number of nitrogens with two attached hydrogens (primary N) is 1. The molecule has 17 heavy (non-hydrogen) atoms. The van der Waals surface area contributed by atoms with E-state index in [2.05, 4.69) is 11.9 Å². The fraction of sp³-hybridized carbons (Fsp3) is 0.615. The van der Waals surface area contributed by atoms with Crippen LogP contribution >= 0.6 is 0 Å². The summed E-state index contributed by atoms with van der Waals surface area (Å²) in [4.78, 5) is 4.25. The molecule has 0 aromatic carbocycles. The quantitative estimate of drug-likeness (QED) is 0.876. The van der Waals surface area contributed by atoms with Gasteiger partial charge in [0.2, 0.25) is 11.8 Å². The standard InChI is InChI=1S/C13H20N2O2/c1-9-5-3-4-6-11(9)17-12-8-7-10(14)13(15-12)16-2/h7-9,11H,3-6,14H2,1-2H3. The van der Waals surface area contributed by atoms with Gasteiger partial charge in [-0.05, 0) is 31.2 Å². The van der Waals surface area contributed by atoms with Crippen LogP contribution in [-0.4, -0.2) is 18.2 Å². The van der Waals surface area contributed by atoms with Crippen molar-refractivity contribution in [2.45, 2.75) is 38.7 Å². The van der Waals surface area contributed by atoms with E-state index in [1.54, 1.807) is 19.2 Å². The Balaban J connectivity index is 2.07. The molecule has 1 heterocycles. The Morgan fingerprint density at radius 3 is 2.76 bits per heavy atom. The summed E-state index contributed by atoms with van der Waals surface area (Å²) in [6.45, 7) is 2.23. The minimum absolute atomic E-state index is 0.268. The summed E-state index contributed by atoms with van der Waals surface area (Å²) < 4.78 is 11.0. The molecule has 1 saturated carbocycles. The number of hydrogen-bond acceptors (Lipinski definition) is 4. The zero-order valence-corrected chi connectivity index (χ0v) is 10.5. The van der Waals surface area contributed by atoms with Gasteiger partial charge in [0, 0.05) is 6.07 Å². The molecule has 1 aliphatic rings. The fourth-order valence-electron chi connectivity index (χ4n) is 2.28. The number of rotatable bonds is 3. The van der Waals surface area contributed by atoms with Gasteiger partial charge in [0.15, 0.2) is 0 Å². The van der Waals surface area contributed by atoms with Gasteiger partial charge in [0.25, 0.3) is 0 Å². The molecule has 2 rings (SSSR count). The van der Waals surface area contributed by atoms with E-state index in [-0.39, 0.29) is 6.10 Å². The Hall–Kier alpha value is -1.45. The Bertz CT molecular complexity index is 382. The van der Waals surface area contributed by atoms with Crippen molar-refractivity contribution in [3.8, 4) is 11.8 Å². The molecule has 0 radical (unpaired) electrons. The van der Waals surface area contributed by atoms with E-state index in [1.807, 2.05) is 0 Å². The molecule has 1 fully saturated rings. The van der Waals surface area contributed by atoms with Crippen molar-refractivity contribution in [2.75, 3.05) is 12.8 Å². The molecule has 2 unspecified atom stereocenters. The van der Waals surface area contributed by atoms with Crippen molar-refractivity contribution in [3.63, 3.8) is 0 Å². The first kappa shape index (κ1) is 12.0. The van der Waals surface area contributed by atoms with Gasteiger partial charge in [0.05, 0.1) is 12.8 Å². The van der Waals surface area contributed by atoms with E-state index in [1.165, 1.54) is 19.3 Å². The Morgan fingerprint density at radius 2 is 2.06 bits per heavy atom. The lowest BCUT2D eigenvalue weighted by Crippen LogP contribution is -2.28. The Labute approximate surface area is 102 Å². The van der Waals surface area contributed by atoms with E-state index in [4.69, 9.17) is 15.2 Å². The Kier molecular flexibility index (Phi) is 3.71. The van der Waals surface area contributed by atoms with Crippen LogP contribution in [-0.2, 0) is 0 Å². The van der Waals surface area contributed by atoms with Gasteiger partial charge in [-0.25, -0.2) is 0 Å². The highest BCUT2D eigenvalue weighted by Gasteiger charge is 2.23. The van der Waals surface area contributed by atoms with E-state index in [0.29, 0.717) is 23.4 Å². The summed E-state index contributed by atoms with van der Waals surface area (Å²) >= 11 is 0. The number of aromatic nitrogens is 1. The fourth-order valence-corrected chi connectivity index (χ4v) is 2.28. The highest BCUT2D eigenvalue weighted by atomic mass is 16.5. The lowest BCUT2D eigenvalue weighted by molar-refractivity contribution is 0.0969. The average molecular weight is 236 g/mol. The molecule has 2 N–H and O–H groups in total. The van der Waals surface area contributed by atoms with Crippen molar-refractivity contribution in [1.29, 1.82) is 0 Å². The van der Waals surface area contributed by atoms with Gasteiger partial charge < -0.3 is 15.2 Å². The molecule has 94 valence electrons. The number of methoxy groups -OCH3 is 1. The molecule has 1 aromatic rings. The van der Waals surface area contributed by atoms with Crippen molar-refractivity contribution < 1.29 is 9.47 Å².